The molecule has 0 spiro atoms. The van der Waals surface area contributed by atoms with Crippen molar-refractivity contribution < 1.29 is 4.39 Å². The summed E-state index contributed by atoms with van der Waals surface area (Å²) in [4.78, 5) is 2.05. The Morgan fingerprint density at radius 3 is 2.56 bits per heavy atom. The molecule has 1 aromatic carbocycles. The first kappa shape index (κ1) is 11.4. The Labute approximate surface area is 96.2 Å². The number of hydrogen-bond donors (Lipinski definition) is 1. The number of halogens is 1. The first-order valence-corrected chi connectivity index (χ1v) is 5.87. The van der Waals surface area contributed by atoms with Gasteiger partial charge in [0.15, 0.2) is 0 Å². The summed E-state index contributed by atoms with van der Waals surface area (Å²) in [6.07, 6.45) is 3.60. The second kappa shape index (κ2) is 4.42. The first-order valence-electron chi connectivity index (χ1n) is 5.87. The molecule has 0 radical (unpaired) electrons. The predicted molar refractivity (Wildman–Crippen MR) is 65.0 cm³/mol. The third-order valence-corrected chi connectivity index (χ3v) is 3.50. The maximum Gasteiger partial charge on any atom is 0.146 e. The van der Waals surface area contributed by atoms with Gasteiger partial charge >= 0.3 is 0 Å². The van der Waals surface area contributed by atoms with Gasteiger partial charge in [-0.3, -0.25) is 0 Å². The van der Waals surface area contributed by atoms with Crippen molar-refractivity contribution in [3.8, 4) is 0 Å². The van der Waals surface area contributed by atoms with Crippen molar-refractivity contribution in [2.24, 2.45) is 5.73 Å². The molecule has 1 saturated carbocycles. The van der Waals surface area contributed by atoms with E-state index in [1.54, 1.807) is 6.07 Å². The smallest absolute Gasteiger partial charge is 0.146 e. The summed E-state index contributed by atoms with van der Waals surface area (Å²) in [5.41, 5.74) is 7.26. The predicted octanol–water partition coefficient (Wildman–Crippen LogP) is 2.83. The van der Waals surface area contributed by atoms with Crippen molar-refractivity contribution in [1.29, 1.82) is 0 Å². The van der Waals surface area contributed by atoms with Crippen molar-refractivity contribution >= 4 is 5.69 Å². The van der Waals surface area contributed by atoms with Gasteiger partial charge in [0.25, 0.3) is 0 Å². The molecule has 0 amide bonds. The minimum atomic E-state index is -0.163. The molecule has 0 unspecified atom stereocenters. The van der Waals surface area contributed by atoms with E-state index in [9.17, 15) is 4.39 Å². The average molecular weight is 222 g/mol. The van der Waals surface area contributed by atoms with E-state index in [0.29, 0.717) is 11.7 Å². The fourth-order valence-electron chi connectivity index (χ4n) is 2.06. The van der Waals surface area contributed by atoms with Crippen LogP contribution >= 0.6 is 0 Å². The summed E-state index contributed by atoms with van der Waals surface area (Å²) < 4.78 is 13.9. The van der Waals surface area contributed by atoms with E-state index in [-0.39, 0.29) is 11.9 Å². The maximum atomic E-state index is 13.9. The second-order valence-corrected chi connectivity index (χ2v) is 4.70. The van der Waals surface area contributed by atoms with Crippen molar-refractivity contribution in [1.82, 2.24) is 0 Å². The minimum absolute atomic E-state index is 0.113. The Hall–Kier alpha value is -1.09. The highest BCUT2D eigenvalue weighted by atomic mass is 19.1. The average Bonchev–Trinajstić information content (AvgIpc) is 2.14. The zero-order valence-electron chi connectivity index (χ0n) is 9.91. The summed E-state index contributed by atoms with van der Waals surface area (Å²) in [6, 6.07) is 5.70. The highest BCUT2D eigenvalue weighted by molar-refractivity contribution is 5.50. The van der Waals surface area contributed by atoms with E-state index in [4.69, 9.17) is 5.73 Å². The quantitative estimate of drug-likeness (QED) is 0.852. The van der Waals surface area contributed by atoms with Crippen LogP contribution in [-0.4, -0.2) is 13.1 Å². The lowest BCUT2D eigenvalue weighted by Gasteiger charge is -2.36. The molecular formula is C13H19FN2. The second-order valence-electron chi connectivity index (χ2n) is 4.70. The molecule has 1 aromatic rings. The van der Waals surface area contributed by atoms with Crippen LogP contribution < -0.4 is 10.6 Å². The number of nitrogens with two attached hydrogens (primary N) is 1. The minimum Gasteiger partial charge on any atom is -0.369 e. The van der Waals surface area contributed by atoms with E-state index in [1.807, 2.05) is 31.0 Å². The molecule has 16 heavy (non-hydrogen) atoms. The van der Waals surface area contributed by atoms with E-state index in [1.165, 1.54) is 19.3 Å². The standard InChI is InChI=1S/C13H19FN2/c1-9(15)10-6-7-13(12(14)8-10)16(2)11-4-3-5-11/h6-9,11H,3-5,15H2,1-2H3/t9-/m1/s1. The number of nitrogens with zero attached hydrogens (tertiary/aromatic N) is 1. The third kappa shape index (κ3) is 2.05. The first-order chi connectivity index (χ1) is 7.59. The van der Waals surface area contributed by atoms with Crippen LogP contribution in [0.2, 0.25) is 0 Å². The molecule has 0 heterocycles. The normalized spacial score (nSPS) is 18.0. The summed E-state index contributed by atoms with van der Waals surface area (Å²) >= 11 is 0. The topological polar surface area (TPSA) is 29.3 Å². The van der Waals surface area contributed by atoms with Crippen LogP contribution in [-0.2, 0) is 0 Å². The van der Waals surface area contributed by atoms with Crippen molar-refractivity contribution in [3.63, 3.8) is 0 Å². The highest BCUT2D eigenvalue weighted by Gasteiger charge is 2.24. The SMILES string of the molecule is C[C@@H](N)c1ccc(N(C)C2CCC2)c(F)c1. The van der Waals surface area contributed by atoms with Gasteiger partial charge in [-0.25, -0.2) is 4.39 Å². The van der Waals surface area contributed by atoms with Gasteiger partial charge in [-0.1, -0.05) is 6.07 Å². The zero-order chi connectivity index (χ0) is 11.7. The molecule has 88 valence electrons. The summed E-state index contributed by atoms with van der Waals surface area (Å²) in [7, 11) is 1.97. The molecule has 2 nitrogen and oxygen atoms in total. The molecule has 2 N–H and O–H groups in total. The molecule has 0 bridgehead atoms. The molecule has 0 aliphatic heterocycles. The van der Waals surface area contributed by atoms with Crippen LogP contribution in [0.5, 0.6) is 0 Å². The van der Waals surface area contributed by atoms with Crippen molar-refractivity contribution in [2.75, 3.05) is 11.9 Å². The highest BCUT2D eigenvalue weighted by Crippen LogP contribution is 2.30. The zero-order valence-corrected chi connectivity index (χ0v) is 9.91. The largest absolute Gasteiger partial charge is 0.369 e. The Morgan fingerprint density at radius 2 is 2.12 bits per heavy atom. The molecule has 0 saturated heterocycles. The van der Waals surface area contributed by atoms with E-state index >= 15 is 0 Å². The van der Waals surface area contributed by atoms with Crippen LogP contribution in [0, 0.1) is 5.82 Å². The molecule has 2 rings (SSSR count). The fourth-order valence-corrected chi connectivity index (χ4v) is 2.06. The molecule has 1 fully saturated rings. The molecule has 0 aromatic heterocycles. The van der Waals surface area contributed by atoms with Gasteiger partial charge in [0, 0.05) is 19.1 Å². The van der Waals surface area contributed by atoms with Gasteiger partial charge < -0.3 is 10.6 Å². The third-order valence-electron chi connectivity index (χ3n) is 3.50. The van der Waals surface area contributed by atoms with E-state index in [0.717, 1.165) is 5.56 Å². The molecule has 1 aliphatic rings. The van der Waals surface area contributed by atoms with Gasteiger partial charge in [-0.05, 0) is 43.9 Å². The van der Waals surface area contributed by atoms with Crippen LogP contribution in [0.3, 0.4) is 0 Å². The summed E-state index contributed by atoms with van der Waals surface area (Å²) in [5.74, 6) is -0.163. The lowest BCUT2D eigenvalue weighted by atomic mass is 9.91. The Morgan fingerprint density at radius 1 is 1.44 bits per heavy atom. The fraction of sp³-hybridized carbons (Fsp3) is 0.538. The number of benzene rings is 1. The van der Waals surface area contributed by atoms with Crippen LogP contribution in [0.25, 0.3) is 0 Å². The van der Waals surface area contributed by atoms with Gasteiger partial charge in [-0.15, -0.1) is 0 Å². The monoisotopic (exact) mass is 222 g/mol. The molecule has 1 aliphatic carbocycles. The maximum absolute atomic E-state index is 13.9. The van der Waals surface area contributed by atoms with E-state index in [2.05, 4.69) is 0 Å². The Kier molecular flexibility index (Phi) is 3.15. The van der Waals surface area contributed by atoms with Crippen LogP contribution in [0.15, 0.2) is 18.2 Å². The number of hydrogen-bond acceptors (Lipinski definition) is 2. The summed E-state index contributed by atoms with van der Waals surface area (Å²) in [6.45, 7) is 1.87. The van der Waals surface area contributed by atoms with Crippen LogP contribution in [0.4, 0.5) is 10.1 Å². The Balaban J connectivity index is 2.21. The summed E-state index contributed by atoms with van der Waals surface area (Å²) in [5, 5.41) is 0. The van der Waals surface area contributed by atoms with Crippen LogP contribution in [0.1, 0.15) is 37.8 Å². The van der Waals surface area contributed by atoms with Gasteiger partial charge in [-0.2, -0.15) is 0 Å². The van der Waals surface area contributed by atoms with Gasteiger partial charge in [0.2, 0.25) is 0 Å². The number of anilines is 1. The molecular weight excluding hydrogens is 203 g/mol. The van der Waals surface area contributed by atoms with Crippen molar-refractivity contribution in [2.45, 2.75) is 38.3 Å². The number of rotatable bonds is 3. The Bertz CT molecular complexity index is 372. The molecule has 3 heteroatoms. The van der Waals surface area contributed by atoms with E-state index < -0.39 is 0 Å². The lowest BCUT2D eigenvalue weighted by molar-refractivity contribution is 0.398. The lowest BCUT2D eigenvalue weighted by Crippen LogP contribution is -2.37. The van der Waals surface area contributed by atoms with Crippen molar-refractivity contribution in [3.05, 3.63) is 29.6 Å². The van der Waals surface area contributed by atoms with Gasteiger partial charge in [0.05, 0.1) is 5.69 Å². The molecule has 1 atom stereocenters. The van der Waals surface area contributed by atoms with Gasteiger partial charge in [0.1, 0.15) is 5.82 Å².